The fourth-order valence-corrected chi connectivity index (χ4v) is 2.49. The van der Waals surface area contributed by atoms with Crippen molar-refractivity contribution < 1.29 is 9.26 Å². The largest absolute Gasteiger partial charge is 0.375 e. The van der Waals surface area contributed by atoms with Crippen molar-refractivity contribution in [1.82, 2.24) is 15.8 Å². The minimum absolute atomic E-state index is 0.593. The number of rotatable bonds is 9. The van der Waals surface area contributed by atoms with Gasteiger partial charge < -0.3 is 19.9 Å². The Morgan fingerprint density at radius 3 is 2.68 bits per heavy atom. The number of hydrogen-bond donors (Lipinski definition) is 2. The topological polar surface area (TPSA) is 71.7 Å². The molecule has 0 saturated heterocycles. The monoisotopic (exact) mass is 344 g/mol. The number of aliphatic imine (C=N–C) groups is 1. The summed E-state index contributed by atoms with van der Waals surface area (Å²) in [6.07, 6.45) is 0.857. The molecule has 0 unspecified atom stereocenters. The van der Waals surface area contributed by atoms with Crippen LogP contribution in [0.2, 0.25) is 0 Å². The Hall–Kier alpha value is -2.34. The smallest absolute Gasteiger partial charge is 0.191 e. The standard InChI is InChI=1S/C19H28N4O2/c1-4-20-19(21-11-10-18-15(2)23-25-16(18)3)22-12-13-24-14-17-8-6-5-7-9-17/h5-9H,4,10-14H2,1-3H3,(H2,20,21,22). The highest BCUT2D eigenvalue weighted by Crippen LogP contribution is 2.11. The highest BCUT2D eigenvalue weighted by molar-refractivity contribution is 5.79. The average molecular weight is 344 g/mol. The first-order valence-corrected chi connectivity index (χ1v) is 8.76. The summed E-state index contributed by atoms with van der Waals surface area (Å²) in [5, 5.41) is 10.6. The van der Waals surface area contributed by atoms with E-state index in [9.17, 15) is 0 Å². The normalized spacial score (nSPS) is 11.6. The molecule has 1 heterocycles. The van der Waals surface area contributed by atoms with Crippen LogP contribution in [0.4, 0.5) is 0 Å². The molecule has 25 heavy (non-hydrogen) atoms. The number of hydrogen-bond acceptors (Lipinski definition) is 4. The summed E-state index contributed by atoms with van der Waals surface area (Å²) in [5.74, 6) is 1.69. The van der Waals surface area contributed by atoms with Crippen LogP contribution in [0.3, 0.4) is 0 Å². The van der Waals surface area contributed by atoms with Crippen molar-refractivity contribution in [2.24, 2.45) is 4.99 Å². The van der Waals surface area contributed by atoms with Crippen LogP contribution >= 0.6 is 0 Å². The minimum atomic E-state index is 0.593. The lowest BCUT2D eigenvalue weighted by Crippen LogP contribution is -2.38. The van der Waals surface area contributed by atoms with Crippen LogP contribution in [-0.4, -0.2) is 37.4 Å². The molecule has 136 valence electrons. The van der Waals surface area contributed by atoms with E-state index in [2.05, 4.69) is 39.8 Å². The molecule has 1 aromatic heterocycles. The second-order valence-corrected chi connectivity index (χ2v) is 5.78. The maximum absolute atomic E-state index is 5.66. The van der Waals surface area contributed by atoms with E-state index in [-0.39, 0.29) is 0 Å². The van der Waals surface area contributed by atoms with Crippen LogP contribution in [0.1, 0.15) is 29.5 Å². The molecular formula is C19H28N4O2. The predicted octanol–water partition coefficient (Wildman–Crippen LogP) is 2.61. The van der Waals surface area contributed by atoms with E-state index in [1.165, 1.54) is 5.56 Å². The number of guanidine groups is 1. The molecule has 0 spiro atoms. The Labute approximate surface area is 149 Å². The van der Waals surface area contributed by atoms with E-state index in [1.54, 1.807) is 0 Å². The summed E-state index contributed by atoms with van der Waals surface area (Å²) >= 11 is 0. The minimum Gasteiger partial charge on any atom is -0.375 e. The zero-order valence-electron chi connectivity index (χ0n) is 15.3. The highest BCUT2D eigenvalue weighted by atomic mass is 16.5. The molecule has 2 aromatic rings. The van der Waals surface area contributed by atoms with E-state index in [1.807, 2.05) is 32.0 Å². The van der Waals surface area contributed by atoms with Gasteiger partial charge in [0, 0.05) is 18.7 Å². The van der Waals surface area contributed by atoms with Crippen molar-refractivity contribution in [1.29, 1.82) is 0 Å². The molecule has 6 nitrogen and oxygen atoms in total. The van der Waals surface area contributed by atoms with E-state index in [0.29, 0.717) is 19.8 Å². The molecule has 2 rings (SSSR count). The van der Waals surface area contributed by atoms with Crippen molar-refractivity contribution in [2.75, 3.05) is 26.2 Å². The summed E-state index contributed by atoms with van der Waals surface area (Å²) in [4.78, 5) is 4.54. The summed E-state index contributed by atoms with van der Waals surface area (Å²) in [5.41, 5.74) is 3.29. The van der Waals surface area contributed by atoms with Gasteiger partial charge in [-0.05, 0) is 32.8 Å². The van der Waals surface area contributed by atoms with Gasteiger partial charge in [-0.2, -0.15) is 0 Å². The third kappa shape index (κ3) is 6.58. The van der Waals surface area contributed by atoms with Gasteiger partial charge in [-0.1, -0.05) is 35.5 Å². The van der Waals surface area contributed by atoms with Crippen LogP contribution in [0.5, 0.6) is 0 Å². The summed E-state index contributed by atoms with van der Waals surface area (Å²) < 4.78 is 10.8. The van der Waals surface area contributed by atoms with Crippen molar-refractivity contribution in [3.63, 3.8) is 0 Å². The van der Waals surface area contributed by atoms with Gasteiger partial charge in [0.25, 0.3) is 0 Å². The van der Waals surface area contributed by atoms with Crippen molar-refractivity contribution >= 4 is 5.96 Å². The first kappa shape index (κ1) is 19.0. The average Bonchev–Trinajstić information content (AvgIpc) is 2.94. The number of nitrogens with one attached hydrogen (secondary N) is 2. The van der Waals surface area contributed by atoms with Gasteiger partial charge in [-0.3, -0.25) is 4.99 Å². The third-order valence-electron chi connectivity index (χ3n) is 3.81. The van der Waals surface area contributed by atoms with E-state index < -0.39 is 0 Å². The molecule has 0 fully saturated rings. The van der Waals surface area contributed by atoms with Crippen LogP contribution in [0, 0.1) is 13.8 Å². The second kappa shape index (κ2) is 10.5. The first-order chi connectivity index (χ1) is 12.2. The summed E-state index contributed by atoms with van der Waals surface area (Å²) in [6, 6.07) is 10.2. The molecule has 0 saturated carbocycles. The SMILES string of the molecule is CCNC(=NCCOCc1ccccc1)NCCc1c(C)noc1C. The molecule has 0 atom stereocenters. The van der Waals surface area contributed by atoms with E-state index in [0.717, 1.165) is 42.5 Å². The molecule has 2 N–H and O–H groups in total. The molecule has 0 bridgehead atoms. The summed E-state index contributed by atoms with van der Waals surface area (Å²) in [7, 11) is 0. The molecule has 0 aliphatic carbocycles. The molecule has 0 amide bonds. The zero-order valence-corrected chi connectivity index (χ0v) is 15.3. The number of aromatic nitrogens is 1. The lowest BCUT2D eigenvalue weighted by molar-refractivity contribution is 0.128. The van der Waals surface area contributed by atoms with Crippen LogP contribution in [0.25, 0.3) is 0 Å². The lowest BCUT2D eigenvalue weighted by Gasteiger charge is -2.11. The quantitative estimate of drug-likeness (QED) is 0.416. The van der Waals surface area contributed by atoms with Gasteiger partial charge >= 0.3 is 0 Å². The van der Waals surface area contributed by atoms with Crippen LogP contribution < -0.4 is 10.6 Å². The number of benzene rings is 1. The fourth-order valence-electron chi connectivity index (χ4n) is 2.49. The first-order valence-electron chi connectivity index (χ1n) is 8.76. The molecule has 0 aliphatic heterocycles. The Bertz CT molecular complexity index is 633. The van der Waals surface area contributed by atoms with Gasteiger partial charge in [0.15, 0.2) is 5.96 Å². The molecule has 0 radical (unpaired) electrons. The Balaban J connectivity index is 1.70. The van der Waals surface area contributed by atoms with Gasteiger partial charge in [0.1, 0.15) is 5.76 Å². The molecule has 0 aliphatic rings. The van der Waals surface area contributed by atoms with Gasteiger partial charge in [-0.25, -0.2) is 0 Å². The highest BCUT2D eigenvalue weighted by Gasteiger charge is 2.08. The maximum atomic E-state index is 5.66. The van der Waals surface area contributed by atoms with Crippen molar-refractivity contribution in [3.05, 3.63) is 52.9 Å². The van der Waals surface area contributed by atoms with Gasteiger partial charge in [-0.15, -0.1) is 0 Å². The predicted molar refractivity (Wildman–Crippen MR) is 99.8 cm³/mol. The van der Waals surface area contributed by atoms with Crippen molar-refractivity contribution in [2.45, 2.75) is 33.8 Å². The number of nitrogens with zero attached hydrogens (tertiary/aromatic N) is 2. The van der Waals surface area contributed by atoms with Crippen molar-refractivity contribution in [3.8, 4) is 0 Å². The Morgan fingerprint density at radius 2 is 2.00 bits per heavy atom. The summed E-state index contributed by atoms with van der Waals surface area (Å²) in [6.45, 7) is 9.39. The van der Waals surface area contributed by atoms with Gasteiger partial charge in [0.2, 0.25) is 0 Å². The van der Waals surface area contributed by atoms with Gasteiger partial charge in [0.05, 0.1) is 25.5 Å². The number of aryl methyl sites for hydroxylation is 2. The zero-order chi connectivity index (χ0) is 17.9. The van der Waals surface area contributed by atoms with Crippen LogP contribution in [-0.2, 0) is 17.8 Å². The lowest BCUT2D eigenvalue weighted by atomic mass is 10.1. The van der Waals surface area contributed by atoms with E-state index in [4.69, 9.17) is 9.26 Å². The fraction of sp³-hybridized carbons (Fsp3) is 0.474. The third-order valence-corrected chi connectivity index (χ3v) is 3.81. The molecule has 6 heteroatoms. The van der Waals surface area contributed by atoms with Crippen LogP contribution in [0.15, 0.2) is 39.8 Å². The number of ether oxygens (including phenoxy) is 1. The maximum Gasteiger partial charge on any atom is 0.191 e. The van der Waals surface area contributed by atoms with E-state index >= 15 is 0 Å². The second-order valence-electron chi connectivity index (χ2n) is 5.78. The Morgan fingerprint density at radius 1 is 1.20 bits per heavy atom. The Kier molecular flexibility index (Phi) is 7.98. The molecule has 1 aromatic carbocycles. The molecular weight excluding hydrogens is 316 g/mol.